The van der Waals surface area contributed by atoms with Crippen molar-refractivity contribution < 1.29 is 17.0 Å². The van der Waals surface area contributed by atoms with E-state index in [0.29, 0.717) is 0 Å². The zero-order valence-corrected chi connectivity index (χ0v) is 19.9. The molecule has 0 unspecified atom stereocenters. The smallest absolute Gasteiger partial charge is 0.254 e. The van der Waals surface area contributed by atoms with Gasteiger partial charge in [-0.15, -0.1) is 0 Å². The zero-order valence-electron chi connectivity index (χ0n) is 19.1. The number of imidazole rings is 1. The molecule has 3 aromatic rings. The number of hydrogen-bond donors (Lipinski definition) is 0. The van der Waals surface area contributed by atoms with Crippen LogP contribution in [0.1, 0.15) is 75.6 Å². The van der Waals surface area contributed by atoms with Crippen LogP contribution >= 0.6 is 0 Å². The molecule has 0 radical (unpaired) electrons. The van der Waals surface area contributed by atoms with Gasteiger partial charge >= 0.3 is 0 Å². The molecule has 0 aliphatic heterocycles. The van der Waals surface area contributed by atoms with Crippen LogP contribution in [-0.4, -0.2) is 4.57 Å². The number of para-hydroxylation sites is 2. The van der Waals surface area contributed by atoms with Gasteiger partial charge in [0.1, 0.15) is 23.8 Å². The van der Waals surface area contributed by atoms with E-state index in [-0.39, 0.29) is 12.4 Å². The highest BCUT2D eigenvalue weighted by Crippen LogP contribution is 2.24. The monoisotopic (exact) mass is 424 g/mol. The largest absolute Gasteiger partial charge is 1.00 e. The Morgan fingerprint density at radius 2 is 1.10 bits per heavy atom. The molecule has 0 saturated carbocycles. The highest BCUT2D eigenvalue weighted by Gasteiger charge is 2.19. The second kappa shape index (κ2) is 12.0. The van der Waals surface area contributed by atoms with E-state index in [1.807, 2.05) is 0 Å². The quantitative estimate of drug-likeness (QED) is 0.440. The summed E-state index contributed by atoms with van der Waals surface area (Å²) in [5.41, 5.74) is 8.60. The van der Waals surface area contributed by atoms with E-state index in [2.05, 4.69) is 91.9 Å². The van der Waals surface area contributed by atoms with E-state index in [1.165, 1.54) is 59.3 Å². The molecule has 0 aliphatic rings. The number of hydrogen-bond acceptors (Lipinski definition) is 0. The van der Waals surface area contributed by atoms with Crippen LogP contribution in [0.15, 0.2) is 55.1 Å². The lowest BCUT2D eigenvalue weighted by atomic mass is 10.00. The zero-order chi connectivity index (χ0) is 20.6. The predicted molar refractivity (Wildman–Crippen MR) is 123 cm³/mol. The van der Waals surface area contributed by atoms with E-state index in [1.54, 1.807) is 0 Å². The van der Waals surface area contributed by atoms with Crippen LogP contribution in [0.2, 0.25) is 0 Å². The van der Waals surface area contributed by atoms with Gasteiger partial charge in [0.25, 0.3) is 6.33 Å². The van der Waals surface area contributed by atoms with Gasteiger partial charge in [0, 0.05) is 0 Å². The van der Waals surface area contributed by atoms with Crippen LogP contribution in [0.25, 0.3) is 11.4 Å². The Hall–Kier alpha value is -2.06. The van der Waals surface area contributed by atoms with Crippen molar-refractivity contribution >= 4 is 0 Å². The van der Waals surface area contributed by atoms with Gasteiger partial charge in [0.05, 0.1) is 0 Å². The Morgan fingerprint density at radius 1 is 0.667 bits per heavy atom. The molecule has 1 aromatic heterocycles. The molecule has 162 valence electrons. The second-order valence-electron chi connectivity index (χ2n) is 8.08. The summed E-state index contributed by atoms with van der Waals surface area (Å²) in [6, 6.07) is 13.7. The third-order valence-electron chi connectivity index (χ3n) is 5.64. The Balaban J connectivity index is 0.00000320. The Kier molecular flexibility index (Phi) is 9.65. The van der Waals surface area contributed by atoms with Crippen molar-refractivity contribution in [1.82, 2.24) is 4.57 Å². The molecular weight excluding hydrogens is 388 g/mol. The van der Waals surface area contributed by atoms with Crippen molar-refractivity contribution in [2.75, 3.05) is 0 Å². The first-order chi connectivity index (χ1) is 14.2. The van der Waals surface area contributed by atoms with E-state index in [9.17, 15) is 0 Å². The maximum Gasteiger partial charge on any atom is 0.254 e. The van der Waals surface area contributed by atoms with Crippen LogP contribution in [0, 0.1) is 0 Å². The number of aromatic nitrogens is 2. The molecule has 0 amide bonds. The molecule has 0 fully saturated rings. The van der Waals surface area contributed by atoms with Gasteiger partial charge < -0.3 is 12.4 Å². The van der Waals surface area contributed by atoms with Gasteiger partial charge in [-0.3, -0.25) is 0 Å². The topological polar surface area (TPSA) is 8.81 Å². The maximum absolute atomic E-state index is 2.36. The summed E-state index contributed by atoms with van der Waals surface area (Å²) in [4.78, 5) is 0. The fourth-order valence-corrected chi connectivity index (χ4v) is 4.46. The first kappa shape index (κ1) is 24.2. The van der Waals surface area contributed by atoms with E-state index in [0.717, 1.165) is 25.7 Å². The summed E-state index contributed by atoms with van der Waals surface area (Å²) < 4.78 is 4.71. The summed E-state index contributed by atoms with van der Waals surface area (Å²) in [5, 5.41) is 0. The molecule has 1 heterocycles. The molecule has 3 rings (SSSR count). The molecule has 0 atom stereocenters. The fraction of sp³-hybridized carbons (Fsp3) is 0.444. The van der Waals surface area contributed by atoms with Crippen LogP contribution in [0.4, 0.5) is 0 Å². The van der Waals surface area contributed by atoms with Crippen molar-refractivity contribution in [1.29, 1.82) is 0 Å². The van der Waals surface area contributed by atoms with E-state index < -0.39 is 0 Å². The molecule has 30 heavy (non-hydrogen) atoms. The normalized spacial score (nSPS) is 10.8. The molecule has 0 N–H and O–H groups in total. The summed E-state index contributed by atoms with van der Waals surface area (Å²) >= 11 is 0. The van der Waals surface area contributed by atoms with Gasteiger partial charge in [-0.25, -0.2) is 9.13 Å². The standard InChI is InChI=1S/C27H37N2.ClH/c1-5-11-22-15-9-16-23(12-6-2)26(22)28-19-20-29(21-28)27-24(13-7-3)17-10-18-25(27)14-8-4;/h9-10,15-21H,5-8,11-14H2,1-4H3;1H/q+1;/p-1. The van der Waals surface area contributed by atoms with E-state index in [4.69, 9.17) is 0 Å². The highest BCUT2D eigenvalue weighted by molar-refractivity contribution is 5.49. The summed E-state index contributed by atoms with van der Waals surface area (Å²) in [6.07, 6.45) is 16.0. The van der Waals surface area contributed by atoms with Crippen LogP contribution in [0.5, 0.6) is 0 Å². The highest BCUT2D eigenvalue weighted by atomic mass is 35.5. The Labute approximate surface area is 189 Å². The number of aryl methyl sites for hydroxylation is 4. The van der Waals surface area contributed by atoms with Crippen molar-refractivity contribution in [2.24, 2.45) is 0 Å². The van der Waals surface area contributed by atoms with E-state index >= 15 is 0 Å². The second-order valence-corrected chi connectivity index (χ2v) is 8.08. The molecule has 2 nitrogen and oxygen atoms in total. The van der Waals surface area contributed by atoms with Crippen LogP contribution < -0.4 is 17.0 Å². The molecule has 2 aromatic carbocycles. The van der Waals surface area contributed by atoms with Gasteiger partial charge in [0.15, 0.2) is 0 Å². The van der Waals surface area contributed by atoms with Crippen molar-refractivity contribution in [3.8, 4) is 11.4 Å². The lowest BCUT2D eigenvalue weighted by Crippen LogP contribution is -3.00. The van der Waals surface area contributed by atoms with Gasteiger partial charge in [-0.2, -0.15) is 0 Å². The molecule has 3 heteroatoms. The average Bonchev–Trinajstić information content (AvgIpc) is 3.19. The Morgan fingerprint density at radius 3 is 1.57 bits per heavy atom. The number of rotatable bonds is 10. The summed E-state index contributed by atoms with van der Waals surface area (Å²) in [5.74, 6) is 0. The van der Waals surface area contributed by atoms with Gasteiger partial charge in [-0.1, -0.05) is 89.8 Å². The minimum Gasteiger partial charge on any atom is -1.00 e. The van der Waals surface area contributed by atoms with Crippen LogP contribution in [-0.2, 0) is 25.7 Å². The Bertz CT molecular complexity index is 804. The third-order valence-corrected chi connectivity index (χ3v) is 5.64. The third kappa shape index (κ3) is 5.35. The summed E-state index contributed by atoms with van der Waals surface area (Å²) in [7, 11) is 0. The molecule has 0 saturated heterocycles. The minimum atomic E-state index is 0. The lowest BCUT2D eigenvalue weighted by molar-refractivity contribution is -0.595. The number of nitrogens with zero attached hydrogens (tertiary/aromatic N) is 2. The molecule has 0 spiro atoms. The van der Waals surface area contributed by atoms with Crippen LogP contribution in [0.3, 0.4) is 0 Å². The average molecular weight is 425 g/mol. The van der Waals surface area contributed by atoms with Crippen molar-refractivity contribution in [3.63, 3.8) is 0 Å². The first-order valence-electron chi connectivity index (χ1n) is 11.5. The maximum atomic E-state index is 2.36. The summed E-state index contributed by atoms with van der Waals surface area (Å²) in [6.45, 7) is 9.07. The SMILES string of the molecule is CCCc1cccc(CCC)c1-n1cc[n+](-c2c(CCC)cccc2CCC)c1.[Cl-]. The molecular formula is C27H37ClN2. The van der Waals surface area contributed by atoms with Gasteiger partial charge in [-0.05, 0) is 47.9 Å². The van der Waals surface area contributed by atoms with Gasteiger partial charge in [0.2, 0.25) is 0 Å². The molecule has 0 bridgehead atoms. The minimum absolute atomic E-state index is 0. The number of benzene rings is 2. The number of halogens is 1. The lowest BCUT2D eigenvalue weighted by Gasteiger charge is -2.12. The molecule has 0 aliphatic carbocycles. The first-order valence-corrected chi connectivity index (χ1v) is 11.5. The van der Waals surface area contributed by atoms with Crippen molar-refractivity contribution in [2.45, 2.75) is 79.1 Å². The fourth-order valence-electron chi connectivity index (χ4n) is 4.46. The van der Waals surface area contributed by atoms with Crippen molar-refractivity contribution in [3.05, 3.63) is 77.4 Å². The predicted octanol–water partition coefficient (Wildman–Crippen LogP) is 3.57.